The van der Waals surface area contributed by atoms with Crippen LogP contribution in [-0.4, -0.2) is 56.3 Å². The Morgan fingerprint density at radius 2 is 1.92 bits per heavy atom. The molecular weight excluding hydrogens is 330 g/mol. The van der Waals surface area contributed by atoms with E-state index >= 15 is 0 Å². The van der Waals surface area contributed by atoms with Crippen molar-refractivity contribution in [2.75, 3.05) is 44.4 Å². The lowest BCUT2D eigenvalue weighted by molar-refractivity contribution is -0.0796. The highest BCUT2D eigenvalue weighted by molar-refractivity contribution is 6.15. The van der Waals surface area contributed by atoms with Gasteiger partial charge in [-0.1, -0.05) is 6.07 Å². The van der Waals surface area contributed by atoms with Gasteiger partial charge in [0.25, 0.3) is 0 Å². The SMILES string of the molecule is c1cc(C2=NCc3ccc(OC4COC4)cc32)cc(N2CCOCC2)n1. The van der Waals surface area contributed by atoms with E-state index in [-0.39, 0.29) is 6.10 Å². The first kappa shape index (κ1) is 15.8. The number of hydrogen-bond acceptors (Lipinski definition) is 6. The fourth-order valence-electron chi connectivity index (χ4n) is 3.49. The lowest BCUT2D eigenvalue weighted by Gasteiger charge is -2.28. The van der Waals surface area contributed by atoms with Gasteiger partial charge in [0, 0.05) is 30.4 Å². The molecule has 0 bridgehead atoms. The van der Waals surface area contributed by atoms with E-state index in [0.717, 1.165) is 54.7 Å². The first-order chi connectivity index (χ1) is 12.9. The van der Waals surface area contributed by atoms with Crippen LogP contribution in [0.25, 0.3) is 0 Å². The summed E-state index contributed by atoms with van der Waals surface area (Å²) in [6.07, 6.45) is 2.04. The quantitative estimate of drug-likeness (QED) is 0.844. The highest BCUT2D eigenvalue weighted by Crippen LogP contribution is 2.29. The summed E-state index contributed by atoms with van der Waals surface area (Å²) in [5, 5.41) is 0. The number of nitrogens with zero attached hydrogens (tertiary/aromatic N) is 3. The predicted molar refractivity (Wildman–Crippen MR) is 98.3 cm³/mol. The van der Waals surface area contributed by atoms with Crippen LogP contribution >= 0.6 is 0 Å². The van der Waals surface area contributed by atoms with Crippen molar-refractivity contribution in [3.8, 4) is 5.75 Å². The van der Waals surface area contributed by atoms with Crippen molar-refractivity contribution in [3.05, 3.63) is 53.2 Å². The molecule has 5 rings (SSSR count). The van der Waals surface area contributed by atoms with Gasteiger partial charge in [0.15, 0.2) is 0 Å². The fourth-order valence-corrected chi connectivity index (χ4v) is 3.49. The zero-order chi connectivity index (χ0) is 17.3. The van der Waals surface area contributed by atoms with Crippen molar-refractivity contribution in [2.45, 2.75) is 12.6 Å². The minimum Gasteiger partial charge on any atom is -0.486 e. The summed E-state index contributed by atoms with van der Waals surface area (Å²) in [6.45, 7) is 5.31. The third-order valence-corrected chi connectivity index (χ3v) is 5.01. The molecule has 3 aliphatic heterocycles. The molecule has 26 heavy (non-hydrogen) atoms. The molecule has 0 N–H and O–H groups in total. The lowest BCUT2D eigenvalue weighted by Crippen LogP contribution is -2.38. The van der Waals surface area contributed by atoms with E-state index in [9.17, 15) is 0 Å². The second-order valence-electron chi connectivity index (χ2n) is 6.76. The molecule has 1 aromatic heterocycles. The second-order valence-corrected chi connectivity index (χ2v) is 6.76. The molecule has 134 valence electrons. The largest absolute Gasteiger partial charge is 0.486 e. The molecule has 2 aromatic rings. The Hall–Kier alpha value is -2.44. The molecule has 0 atom stereocenters. The van der Waals surface area contributed by atoms with Gasteiger partial charge in [-0.05, 0) is 29.8 Å². The van der Waals surface area contributed by atoms with Gasteiger partial charge in [-0.15, -0.1) is 0 Å². The van der Waals surface area contributed by atoms with Crippen LogP contribution in [-0.2, 0) is 16.0 Å². The predicted octanol–water partition coefficient (Wildman–Crippen LogP) is 2.05. The summed E-state index contributed by atoms with van der Waals surface area (Å²) in [6, 6.07) is 10.4. The summed E-state index contributed by atoms with van der Waals surface area (Å²) in [7, 11) is 0. The number of fused-ring (bicyclic) bond motifs is 1. The Bertz CT molecular complexity index is 842. The Kier molecular flexibility index (Phi) is 4.07. The molecule has 0 amide bonds. The standard InChI is InChI=1S/C20H21N3O3/c1-2-16(26-17-12-25-13-17)10-18-15(1)11-22-20(18)14-3-4-21-19(9-14)23-5-7-24-8-6-23/h1-4,9-10,17H,5-8,11-13H2. The van der Waals surface area contributed by atoms with Gasteiger partial charge < -0.3 is 19.1 Å². The van der Waals surface area contributed by atoms with Crippen LogP contribution < -0.4 is 9.64 Å². The van der Waals surface area contributed by atoms with Crippen LogP contribution in [0.5, 0.6) is 5.75 Å². The second kappa shape index (κ2) is 6.70. The summed E-state index contributed by atoms with van der Waals surface area (Å²) in [4.78, 5) is 11.6. The Balaban J connectivity index is 1.42. The average Bonchev–Trinajstić information content (AvgIpc) is 3.09. The van der Waals surface area contributed by atoms with Crippen molar-refractivity contribution in [2.24, 2.45) is 4.99 Å². The molecule has 6 heteroatoms. The molecule has 4 heterocycles. The van der Waals surface area contributed by atoms with Crippen molar-refractivity contribution in [1.82, 2.24) is 4.98 Å². The van der Waals surface area contributed by atoms with Gasteiger partial charge in [0.05, 0.1) is 38.7 Å². The molecule has 0 unspecified atom stereocenters. The number of morpholine rings is 1. The van der Waals surface area contributed by atoms with Crippen LogP contribution in [0.3, 0.4) is 0 Å². The van der Waals surface area contributed by atoms with E-state index in [1.54, 1.807) is 0 Å². The number of hydrogen-bond donors (Lipinski definition) is 0. The number of rotatable bonds is 4. The highest BCUT2D eigenvalue weighted by Gasteiger charge is 2.23. The molecule has 0 radical (unpaired) electrons. The molecule has 0 aliphatic carbocycles. The van der Waals surface area contributed by atoms with Gasteiger partial charge in [-0.2, -0.15) is 0 Å². The van der Waals surface area contributed by atoms with Gasteiger partial charge >= 0.3 is 0 Å². The molecule has 3 aliphatic rings. The number of benzene rings is 1. The van der Waals surface area contributed by atoms with E-state index in [4.69, 9.17) is 19.2 Å². The minimum absolute atomic E-state index is 0.170. The summed E-state index contributed by atoms with van der Waals surface area (Å²) in [5.41, 5.74) is 4.51. The first-order valence-electron chi connectivity index (χ1n) is 9.08. The molecular formula is C20H21N3O3. The fraction of sp³-hybridized carbons (Fsp3) is 0.400. The summed E-state index contributed by atoms with van der Waals surface area (Å²) in [5.74, 6) is 1.87. The van der Waals surface area contributed by atoms with Crippen molar-refractivity contribution in [1.29, 1.82) is 0 Å². The maximum absolute atomic E-state index is 5.96. The Labute approximate surface area is 152 Å². The van der Waals surface area contributed by atoms with Gasteiger partial charge in [-0.3, -0.25) is 4.99 Å². The van der Waals surface area contributed by atoms with E-state index in [1.165, 1.54) is 5.56 Å². The molecule has 6 nitrogen and oxygen atoms in total. The number of anilines is 1. The lowest BCUT2D eigenvalue weighted by atomic mass is 10.0. The molecule has 0 saturated carbocycles. The Morgan fingerprint density at radius 3 is 2.73 bits per heavy atom. The number of aromatic nitrogens is 1. The van der Waals surface area contributed by atoms with Crippen LogP contribution in [0, 0.1) is 0 Å². The highest BCUT2D eigenvalue weighted by atomic mass is 16.6. The third-order valence-electron chi connectivity index (χ3n) is 5.01. The monoisotopic (exact) mass is 351 g/mol. The van der Waals surface area contributed by atoms with Crippen LogP contribution in [0.2, 0.25) is 0 Å². The average molecular weight is 351 g/mol. The number of ether oxygens (including phenoxy) is 3. The van der Waals surface area contributed by atoms with Crippen LogP contribution in [0.15, 0.2) is 41.5 Å². The van der Waals surface area contributed by atoms with E-state index in [1.807, 2.05) is 18.3 Å². The van der Waals surface area contributed by atoms with E-state index in [0.29, 0.717) is 19.8 Å². The van der Waals surface area contributed by atoms with E-state index < -0.39 is 0 Å². The zero-order valence-electron chi connectivity index (χ0n) is 14.6. The molecule has 1 aromatic carbocycles. The maximum atomic E-state index is 5.96. The van der Waals surface area contributed by atoms with E-state index in [2.05, 4.69) is 28.1 Å². The summed E-state index contributed by atoms with van der Waals surface area (Å²) < 4.78 is 16.6. The number of aliphatic imine (C=N–C) groups is 1. The van der Waals surface area contributed by atoms with Crippen molar-refractivity contribution < 1.29 is 14.2 Å². The van der Waals surface area contributed by atoms with Gasteiger partial charge in [0.2, 0.25) is 0 Å². The molecule has 0 spiro atoms. The smallest absolute Gasteiger partial charge is 0.145 e. The summed E-state index contributed by atoms with van der Waals surface area (Å²) >= 11 is 0. The topological polar surface area (TPSA) is 56.2 Å². The van der Waals surface area contributed by atoms with Crippen molar-refractivity contribution in [3.63, 3.8) is 0 Å². The van der Waals surface area contributed by atoms with Gasteiger partial charge in [-0.25, -0.2) is 4.98 Å². The van der Waals surface area contributed by atoms with Crippen LogP contribution in [0.4, 0.5) is 5.82 Å². The first-order valence-corrected chi connectivity index (χ1v) is 9.08. The normalized spacial score (nSPS) is 19.7. The Morgan fingerprint density at radius 1 is 1.04 bits per heavy atom. The maximum Gasteiger partial charge on any atom is 0.145 e. The van der Waals surface area contributed by atoms with Gasteiger partial charge in [0.1, 0.15) is 17.7 Å². The molecule has 2 fully saturated rings. The number of pyridine rings is 1. The molecule has 2 saturated heterocycles. The minimum atomic E-state index is 0.170. The van der Waals surface area contributed by atoms with Crippen LogP contribution in [0.1, 0.15) is 16.7 Å². The third kappa shape index (κ3) is 2.95. The zero-order valence-corrected chi connectivity index (χ0v) is 14.6. The van der Waals surface area contributed by atoms with Crippen molar-refractivity contribution >= 4 is 11.5 Å².